The molecule has 1 N–H and O–H groups in total. The molecule has 0 aromatic rings. The molecule has 3 heteroatoms. The van der Waals surface area contributed by atoms with Crippen LogP contribution in [0.3, 0.4) is 0 Å². The number of hydrogen-bond acceptors (Lipinski definition) is 2. The lowest BCUT2D eigenvalue weighted by molar-refractivity contribution is 0.418. The van der Waals surface area contributed by atoms with E-state index in [-0.39, 0.29) is 5.54 Å². The molecule has 1 aliphatic heterocycles. The van der Waals surface area contributed by atoms with Crippen molar-refractivity contribution in [2.75, 3.05) is 5.75 Å². The first kappa shape index (κ1) is 12.9. The Kier molecular flexibility index (Phi) is 4.50. The van der Waals surface area contributed by atoms with Crippen LogP contribution in [-0.2, 0) is 0 Å². The zero-order chi connectivity index (χ0) is 11.5. The average molecular weight is 228 g/mol. The predicted molar refractivity (Wildman–Crippen MR) is 70.6 cm³/mol. The van der Waals surface area contributed by atoms with E-state index in [0.29, 0.717) is 6.04 Å². The minimum Gasteiger partial charge on any atom is -0.359 e. The van der Waals surface area contributed by atoms with Crippen LogP contribution in [0.25, 0.3) is 0 Å². The van der Waals surface area contributed by atoms with Crippen LogP contribution in [0.1, 0.15) is 47.5 Å². The van der Waals surface area contributed by atoms with Gasteiger partial charge in [0.1, 0.15) is 0 Å². The number of thioether (sulfide) groups is 1. The molecule has 1 saturated heterocycles. The third kappa shape index (κ3) is 3.71. The van der Waals surface area contributed by atoms with Gasteiger partial charge in [-0.15, -0.1) is 0 Å². The van der Waals surface area contributed by atoms with Crippen molar-refractivity contribution in [3.8, 4) is 0 Å². The van der Waals surface area contributed by atoms with E-state index >= 15 is 0 Å². The summed E-state index contributed by atoms with van der Waals surface area (Å²) in [4.78, 5) is 4.78. The van der Waals surface area contributed by atoms with Crippen molar-refractivity contribution in [2.24, 2.45) is 10.9 Å². The molecule has 1 rings (SSSR count). The van der Waals surface area contributed by atoms with Crippen LogP contribution in [0.5, 0.6) is 0 Å². The zero-order valence-corrected chi connectivity index (χ0v) is 11.4. The van der Waals surface area contributed by atoms with E-state index < -0.39 is 0 Å². The molecule has 2 nitrogen and oxygen atoms in total. The Balaban J connectivity index is 2.56. The summed E-state index contributed by atoms with van der Waals surface area (Å²) in [5.74, 6) is 1.85. The van der Waals surface area contributed by atoms with Gasteiger partial charge in [-0.2, -0.15) is 0 Å². The number of aliphatic imine (C=N–C) groups is 1. The molecule has 1 atom stereocenters. The van der Waals surface area contributed by atoms with Crippen LogP contribution in [0.15, 0.2) is 4.99 Å². The lowest BCUT2D eigenvalue weighted by Gasteiger charge is -2.19. The first-order chi connectivity index (χ1) is 6.98. The summed E-state index contributed by atoms with van der Waals surface area (Å²) < 4.78 is 0. The van der Waals surface area contributed by atoms with Gasteiger partial charge in [-0.1, -0.05) is 38.5 Å². The minimum atomic E-state index is 0.219. The molecule has 1 unspecified atom stereocenters. The highest BCUT2D eigenvalue weighted by molar-refractivity contribution is 8.14. The van der Waals surface area contributed by atoms with Crippen molar-refractivity contribution in [2.45, 2.75) is 59.0 Å². The summed E-state index contributed by atoms with van der Waals surface area (Å²) in [5.41, 5.74) is 0.219. The highest BCUT2D eigenvalue weighted by Gasteiger charge is 2.28. The van der Waals surface area contributed by atoms with E-state index in [1.165, 1.54) is 12.8 Å². The fourth-order valence-corrected chi connectivity index (χ4v) is 3.10. The Bertz CT molecular complexity index is 232. The first-order valence-electron chi connectivity index (χ1n) is 5.97. The number of nitrogens with one attached hydrogen (secondary N) is 1. The lowest BCUT2D eigenvalue weighted by Crippen LogP contribution is -2.37. The van der Waals surface area contributed by atoms with Gasteiger partial charge in [-0.3, -0.25) is 4.99 Å². The molecule has 0 radical (unpaired) electrons. The third-order valence-corrected chi connectivity index (χ3v) is 4.41. The number of nitrogens with zero attached hydrogens (tertiary/aromatic N) is 1. The van der Waals surface area contributed by atoms with E-state index in [1.807, 2.05) is 11.8 Å². The van der Waals surface area contributed by atoms with E-state index in [0.717, 1.165) is 16.8 Å². The third-order valence-electron chi connectivity index (χ3n) is 3.07. The van der Waals surface area contributed by atoms with Gasteiger partial charge in [0.15, 0.2) is 5.17 Å². The molecule has 0 bridgehead atoms. The van der Waals surface area contributed by atoms with Crippen LogP contribution in [-0.4, -0.2) is 22.5 Å². The molecule has 1 fully saturated rings. The quantitative estimate of drug-likeness (QED) is 0.798. The fraction of sp³-hybridized carbons (Fsp3) is 0.917. The molecule has 0 aromatic carbocycles. The Morgan fingerprint density at radius 1 is 1.40 bits per heavy atom. The van der Waals surface area contributed by atoms with E-state index in [2.05, 4.69) is 39.9 Å². The molecule has 1 aliphatic rings. The van der Waals surface area contributed by atoms with Crippen molar-refractivity contribution < 1.29 is 0 Å². The number of rotatable bonds is 4. The van der Waals surface area contributed by atoms with Crippen LogP contribution >= 0.6 is 11.8 Å². The number of hydrogen-bond donors (Lipinski definition) is 1. The van der Waals surface area contributed by atoms with Gasteiger partial charge in [0.05, 0.1) is 6.04 Å². The Hall–Kier alpha value is -0.180. The molecule has 0 saturated carbocycles. The molecule has 88 valence electrons. The van der Waals surface area contributed by atoms with Crippen molar-refractivity contribution in [3.63, 3.8) is 0 Å². The Labute approximate surface area is 98.3 Å². The largest absolute Gasteiger partial charge is 0.359 e. The molecule has 0 aromatic heterocycles. The molecular weight excluding hydrogens is 204 g/mol. The zero-order valence-electron chi connectivity index (χ0n) is 10.6. The smallest absolute Gasteiger partial charge is 0.157 e. The monoisotopic (exact) mass is 228 g/mol. The van der Waals surface area contributed by atoms with Gasteiger partial charge in [0.2, 0.25) is 0 Å². The van der Waals surface area contributed by atoms with Crippen LogP contribution in [0, 0.1) is 5.92 Å². The molecule has 0 amide bonds. The van der Waals surface area contributed by atoms with Crippen molar-refractivity contribution >= 4 is 16.9 Å². The summed E-state index contributed by atoms with van der Waals surface area (Å²) in [7, 11) is 0. The maximum atomic E-state index is 4.78. The maximum absolute atomic E-state index is 4.78. The Morgan fingerprint density at radius 2 is 2.00 bits per heavy atom. The van der Waals surface area contributed by atoms with Crippen LogP contribution in [0.2, 0.25) is 0 Å². The molecule has 0 aliphatic carbocycles. The van der Waals surface area contributed by atoms with E-state index in [1.54, 1.807) is 0 Å². The predicted octanol–water partition coefficient (Wildman–Crippen LogP) is 3.28. The summed E-state index contributed by atoms with van der Waals surface area (Å²) in [6, 6.07) is 0.448. The summed E-state index contributed by atoms with van der Waals surface area (Å²) in [5, 5.41) is 4.62. The first-order valence-corrected chi connectivity index (χ1v) is 6.96. The van der Waals surface area contributed by atoms with Gasteiger partial charge < -0.3 is 5.32 Å². The normalized spacial score (nSPS) is 24.5. The highest BCUT2D eigenvalue weighted by Crippen LogP contribution is 2.24. The average Bonchev–Trinajstić information content (AvgIpc) is 2.47. The highest BCUT2D eigenvalue weighted by atomic mass is 32.2. The van der Waals surface area contributed by atoms with Gasteiger partial charge in [-0.05, 0) is 26.7 Å². The lowest BCUT2D eigenvalue weighted by atomic mass is 9.96. The number of amidine groups is 1. The van der Waals surface area contributed by atoms with Crippen molar-refractivity contribution in [1.29, 1.82) is 0 Å². The maximum Gasteiger partial charge on any atom is 0.157 e. The van der Waals surface area contributed by atoms with Crippen molar-refractivity contribution in [3.05, 3.63) is 0 Å². The van der Waals surface area contributed by atoms with Crippen LogP contribution < -0.4 is 5.32 Å². The standard InChI is InChI=1S/C12H24N2S/c1-6-10(7-2)9(3)13-11-14-12(4,5)8-15-11/h9-10H,6-8H2,1-5H3,(H,13,14). The van der Waals surface area contributed by atoms with E-state index in [4.69, 9.17) is 4.99 Å². The summed E-state index contributed by atoms with van der Waals surface area (Å²) in [6.07, 6.45) is 2.45. The fourth-order valence-electron chi connectivity index (χ4n) is 1.94. The van der Waals surface area contributed by atoms with Gasteiger partial charge >= 0.3 is 0 Å². The molecule has 15 heavy (non-hydrogen) atoms. The molecule has 0 spiro atoms. The van der Waals surface area contributed by atoms with Gasteiger partial charge in [-0.25, -0.2) is 0 Å². The van der Waals surface area contributed by atoms with Gasteiger partial charge in [0, 0.05) is 11.3 Å². The van der Waals surface area contributed by atoms with Gasteiger partial charge in [0.25, 0.3) is 0 Å². The second-order valence-corrected chi connectivity index (χ2v) is 6.01. The van der Waals surface area contributed by atoms with Crippen molar-refractivity contribution in [1.82, 2.24) is 5.32 Å². The second kappa shape index (κ2) is 5.24. The summed E-state index contributed by atoms with van der Waals surface area (Å²) >= 11 is 1.85. The summed E-state index contributed by atoms with van der Waals surface area (Å²) in [6.45, 7) is 11.2. The Morgan fingerprint density at radius 3 is 2.40 bits per heavy atom. The van der Waals surface area contributed by atoms with E-state index in [9.17, 15) is 0 Å². The topological polar surface area (TPSA) is 24.4 Å². The molecular formula is C12H24N2S. The second-order valence-electron chi connectivity index (χ2n) is 5.05. The van der Waals surface area contributed by atoms with Crippen LogP contribution in [0.4, 0.5) is 0 Å². The SMILES string of the molecule is CCC(CC)C(C)N=C1NC(C)(C)CS1. The molecule has 1 heterocycles. The minimum absolute atomic E-state index is 0.219.